The Morgan fingerprint density at radius 1 is 1.47 bits per heavy atom. The van der Waals surface area contributed by atoms with Gasteiger partial charge in [0.1, 0.15) is 6.04 Å². The fourth-order valence-corrected chi connectivity index (χ4v) is 1.13. The van der Waals surface area contributed by atoms with Crippen LogP contribution in [0, 0.1) is 0 Å². The van der Waals surface area contributed by atoms with Crippen molar-refractivity contribution in [3.63, 3.8) is 0 Å². The normalized spacial score (nSPS) is 20.7. The number of carbonyl (C=O) groups is 2. The predicted molar refractivity (Wildman–Crippen MR) is 41.7 cm³/mol. The van der Waals surface area contributed by atoms with Gasteiger partial charge in [-0.15, -0.1) is 0 Å². The van der Waals surface area contributed by atoms with Gasteiger partial charge in [-0.05, 0) is 6.42 Å². The molecule has 1 rings (SSSR count). The number of halogens is 3. The third-order valence-electron chi connectivity index (χ3n) is 1.94. The molecule has 0 radical (unpaired) electrons. The van der Waals surface area contributed by atoms with E-state index < -0.39 is 30.8 Å². The van der Waals surface area contributed by atoms with Crippen LogP contribution in [0.15, 0.2) is 0 Å². The van der Waals surface area contributed by atoms with E-state index in [4.69, 9.17) is 5.73 Å². The summed E-state index contributed by atoms with van der Waals surface area (Å²) in [5.41, 5.74) is 4.90. The fraction of sp³-hybridized carbons (Fsp3) is 0.714. The lowest BCUT2D eigenvalue weighted by Gasteiger charge is -2.37. The summed E-state index contributed by atoms with van der Waals surface area (Å²) < 4.78 is 39.0. The molecular formula is C7H9F3N2O3. The molecule has 1 unspecified atom stereocenters. The number of nitrogens with zero attached hydrogens (tertiary/aromatic N) is 1. The van der Waals surface area contributed by atoms with Crippen molar-refractivity contribution < 1.29 is 27.5 Å². The zero-order valence-electron chi connectivity index (χ0n) is 7.58. The summed E-state index contributed by atoms with van der Waals surface area (Å²) in [4.78, 5) is 22.5. The number of nitrogens with two attached hydrogens (primary N) is 1. The molecule has 0 aliphatic carbocycles. The highest BCUT2D eigenvalue weighted by molar-refractivity contribution is 5.85. The number of alkyl halides is 3. The van der Waals surface area contributed by atoms with Crippen molar-refractivity contribution in [1.29, 1.82) is 0 Å². The third-order valence-corrected chi connectivity index (χ3v) is 1.94. The molecule has 0 saturated carbocycles. The minimum Gasteiger partial charge on any atom is -0.440 e. The van der Waals surface area contributed by atoms with E-state index in [1.807, 2.05) is 0 Å². The maximum Gasteiger partial charge on any atom is 0.422 e. The van der Waals surface area contributed by atoms with Crippen LogP contribution in [0.1, 0.15) is 6.42 Å². The highest BCUT2D eigenvalue weighted by Crippen LogP contribution is 2.20. The number of rotatable bonds is 2. The number of likely N-dealkylation sites (tertiary alicyclic amines) is 1. The summed E-state index contributed by atoms with van der Waals surface area (Å²) in [7, 11) is 0. The molecule has 1 saturated heterocycles. The Morgan fingerprint density at radius 3 is 2.40 bits per heavy atom. The van der Waals surface area contributed by atoms with E-state index in [0.29, 0.717) is 6.42 Å². The fourth-order valence-electron chi connectivity index (χ4n) is 1.13. The van der Waals surface area contributed by atoms with E-state index in [2.05, 4.69) is 4.74 Å². The SMILES string of the molecule is NC(=O)C1CCN1C(=O)OCC(F)(F)F. The van der Waals surface area contributed by atoms with Gasteiger partial charge in [-0.1, -0.05) is 0 Å². The molecule has 86 valence electrons. The highest BCUT2D eigenvalue weighted by Gasteiger charge is 2.39. The van der Waals surface area contributed by atoms with Gasteiger partial charge in [0.05, 0.1) is 0 Å². The van der Waals surface area contributed by atoms with E-state index in [0.717, 1.165) is 4.90 Å². The third kappa shape index (κ3) is 3.00. The Balaban J connectivity index is 2.39. The second-order valence-electron chi connectivity index (χ2n) is 3.07. The van der Waals surface area contributed by atoms with Crippen LogP contribution in [0.4, 0.5) is 18.0 Å². The number of primary amides is 1. The Morgan fingerprint density at radius 2 is 2.07 bits per heavy atom. The van der Waals surface area contributed by atoms with Crippen molar-refractivity contribution in [2.75, 3.05) is 13.2 Å². The molecule has 15 heavy (non-hydrogen) atoms. The second kappa shape index (κ2) is 3.95. The van der Waals surface area contributed by atoms with Crippen LogP contribution in [0.5, 0.6) is 0 Å². The molecule has 2 N–H and O–H groups in total. The number of carbonyl (C=O) groups excluding carboxylic acids is 2. The summed E-state index contributed by atoms with van der Waals surface area (Å²) in [6.07, 6.45) is -5.37. The van der Waals surface area contributed by atoms with Crippen LogP contribution in [0.25, 0.3) is 0 Å². The van der Waals surface area contributed by atoms with Crippen molar-refractivity contribution in [2.45, 2.75) is 18.6 Å². The van der Waals surface area contributed by atoms with Gasteiger partial charge >= 0.3 is 12.3 Å². The predicted octanol–water partition coefficient (Wildman–Crippen LogP) is 0.245. The van der Waals surface area contributed by atoms with Gasteiger partial charge in [0.25, 0.3) is 0 Å². The molecule has 2 amide bonds. The molecule has 1 fully saturated rings. The molecule has 1 heterocycles. The lowest BCUT2D eigenvalue weighted by atomic mass is 10.0. The average Bonchev–Trinajstić information content (AvgIpc) is 1.96. The topological polar surface area (TPSA) is 72.6 Å². The molecule has 0 bridgehead atoms. The van der Waals surface area contributed by atoms with Gasteiger partial charge < -0.3 is 10.5 Å². The molecule has 0 spiro atoms. The molecule has 1 atom stereocenters. The molecule has 1 aliphatic rings. The summed E-state index contributed by atoms with van der Waals surface area (Å²) in [5, 5.41) is 0. The summed E-state index contributed by atoms with van der Waals surface area (Å²) in [6, 6.07) is -0.842. The lowest BCUT2D eigenvalue weighted by Crippen LogP contribution is -2.57. The lowest BCUT2D eigenvalue weighted by molar-refractivity contribution is -0.164. The first-order chi connectivity index (χ1) is 6.81. The molecule has 8 heteroatoms. The summed E-state index contributed by atoms with van der Waals surface area (Å²) >= 11 is 0. The van der Waals surface area contributed by atoms with Crippen LogP contribution >= 0.6 is 0 Å². The van der Waals surface area contributed by atoms with Crippen molar-refractivity contribution >= 4 is 12.0 Å². The molecule has 0 aromatic rings. The second-order valence-corrected chi connectivity index (χ2v) is 3.07. The Bertz CT molecular complexity index is 279. The van der Waals surface area contributed by atoms with Gasteiger partial charge in [-0.2, -0.15) is 13.2 Å². The van der Waals surface area contributed by atoms with E-state index in [9.17, 15) is 22.8 Å². The average molecular weight is 226 g/mol. The maximum absolute atomic E-state index is 11.7. The van der Waals surface area contributed by atoms with Crippen LogP contribution in [0.3, 0.4) is 0 Å². The zero-order valence-corrected chi connectivity index (χ0v) is 7.58. The van der Waals surface area contributed by atoms with Crippen molar-refractivity contribution in [2.24, 2.45) is 5.73 Å². The maximum atomic E-state index is 11.7. The van der Waals surface area contributed by atoms with Gasteiger partial charge in [-0.3, -0.25) is 9.69 Å². The molecule has 1 aliphatic heterocycles. The van der Waals surface area contributed by atoms with Crippen LogP contribution in [0.2, 0.25) is 0 Å². The van der Waals surface area contributed by atoms with Crippen LogP contribution in [-0.4, -0.2) is 42.3 Å². The molecule has 0 aromatic carbocycles. The van der Waals surface area contributed by atoms with E-state index >= 15 is 0 Å². The number of ether oxygens (including phenoxy) is 1. The Kier molecular flexibility index (Phi) is 3.06. The van der Waals surface area contributed by atoms with Crippen molar-refractivity contribution in [3.8, 4) is 0 Å². The first kappa shape index (κ1) is 11.6. The summed E-state index contributed by atoms with van der Waals surface area (Å²) in [5.74, 6) is -0.745. The molecule has 0 aromatic heterocycles. The minimum absolute atomic E-state index is 0.185. The summed E-state index contributed by atoms with van der Waals surface area (Å²) in [6.45, 7) is -1.47. The number of hydrogen-bond donors (Lipinski definition) is 1. The van der Waals surface area contributed by atoms with E-state index in [-0.39, 0.29) is 6.54 Å². The monoisotopic (exact) mass is 226 g/mol. The largest absolute Gasteiger partial charge is 0.440 e. The molecular weight excluding hydrogens is 217 g/mol. The van der Waals surface area contributed by atoms with E-state index in [1.165, 1.54) is 0 Å². The Hall–Kier alpha value is -1.47. The van der Waals surface area contributed by atoms with Crippen LogP contribution < -0.4 is 5.73 Å². The van der Waals surface area contributed by atoms with Crippen molar-refractivity contribution in [3.05, 3.63) is 0 Å². The first-order valence-corrected chi connectivity index (χ1v) is 4.11. The van der Waals surface area contributed by atoms with Gasteiger partial charge in [0.2, 0.25) is 5.91 Å². The Labute approximate surface area is 83.0 Å². The van der Waals surface area contributed by atoms with Gasteiger partial charge in [0.15, 0.2) is 6.61 Å². The highest BCUT2D eigenvalue weighted by atomic mass is 19.4. The zero-order chi connectivity index (χ0) is 11.6. The van der Waals surface area contributed by atoms with Crippen LogP contribution in [-0.2, 0) is 9.53 Å². The van der Waals surface area contributed by atoms with Crippen molar-refractivity contribution in [1.82, 2.24) is 4.90 Å². The smallest absolute Gasteiger partial charge is 0.422 e. The standard InChI is InChI=1S/C7H9F3N2O3/c8-7(9,10)3-15-6(14)12-2-1-4(12)5(11)13/h4H,1-3H2,(H2,11,13). The van der Waals surface area contributed by atoms with Gasteiger partial charge in [-0.25, -0.2) is 4.79 Å². The first-order valence-electron chi connectivity index (χ1n) is 4.11. The van der Waals surface area contributed by atoms with E-state index in [1.54, 1.807) is 0 Å². The quantitative estimate of drug-likeness (QED) is 0.733. The van der Waals surface area contributed by atoms with Gasteiger partial charge in [0, 0.05) is 6.54 Å². The minimum atomic E-state index is -4.57. The number of hydrogen-bond acceptors (Lipinski definition) is 3. The number of amides is 2. The molecule has 5 nitrogen and oxygen atoms in total.